The predicted octanol–water partition coefficient (Wildman–Crippen LogP) is 4.48. The van der Waals surface area contributed by atoms with Crippen LogP contribution in [0.25, 0.3) is 0 Å². The monoisotopic (exact) mass is 372 g/mol. The second-order valence-electron chi connectivity index (χ2n) is 7.98. The Kier molecular flexibility index (Phi) is 4.51. The first-order chi connectivity index (χ1) is 12.5. The summed E-state index contributed by atoms with van der Waals surface area (Å²) in [6, 6.07) is 11.4. The molecule has 26 heavy (non-hydrogen) atoms. The molecule has 0 spiro atoms. The minimum absolute atomic E-state index is 0.0566. The summed E-state index contributed by atoms with van der Waals surface area (Å²) in [5.74, 6) is 0.0256. The van der Waals surface area contributed by atoms with E-state index >= 15 is 0 Å². The molecule has 2 fully saturated rings. The maximum Gasteiger partial charge on any atom is 0.228 e. The van der Waals surface area contributed by atoms with Crippen LogP contribution in [-0.2, 0) is 11.2 Å². The maximum atomic E-state index is 13.4. The van der Waals surface area contributed by atoms with Crippen molar-refractivity contribution in [3.63, 3.8) is 0 Å². The molecule has 0 saturated carbocycles. The molecule has 3 nitrogen and oxygen atoms in total. The summed E-state index contributed by atoms with van der Waals surface area (Å²) in [6.45, 7) is 5.31. The summed E-state index contributed by atoms with van der Waals surface area (Å²) < 4.78 is 13.4. The number of carbonyl (C=O) groups excluding carboxylic acids is 1. The Morgan fingerprint density at radius 1 is 1.23 bits per heavy atom. The third-order valence-corrected chi connectivity index (χ3v) is 6.64. The fraction of sp³-hybridized carbons (Fsp3) is 0.476. The highest BCUT2D eigenvalue weighted by molar-refractivity contribution is 7.10. The molecule has 2 aromatic rings. The summed E-state index contributed by atoms with van der Waals surface area (Å²) in [4.78, 5) is 18.6. The van der Waals surface area contributed by atoms with Gasteiger partial charge in [0.25, 0.3) is 0 Å². The van der Waals surface area contributed by atoms with Crippen molar-refractivity contribution in [2.45, 2.75) is 57.2 Å². The smallest absolute Gasteiger partial charge is 0.228 e. The minimum Gasteiger partial charge on any atom is -0.361 e. The molecule has 3 heterocycles. The van der Waals surface area contributed by atoms with Crippen LogP contribution in [0.15, 0.2) is 41.8 Å². The molecule has 1 aromatic heterocycles. The lowest BCUT2D eigenvalue weighted by molar-refractivity contribution is -0.134. The van der Waals surface area contributed by atoms with Crippen LogP contribution in [0.3, 0.4) is 0 Å². The first-order valence-corrected chi connectivity index (χ1v) is 10.2. The molecule has 2 saturated heterocycles. The number of nitrogens with zero attached hydrogens (tertiary/aromatic N) is 2. The zero-order valence-corrected chi connectivity index (χ0v) is 16.1. The highest BCUT2D eigenvalue weighted by Gasteiger charge is 2.50. The van der Waals surface area contributed by atoms with Gasteiger partial charge in [0, 0.05) is 22.6 Å². The van der Waals surface area contributed by atoms with Gasteiger partial charge >= 0.3 is 0 Å². The Bertz CT molecular complexity index is 772. The number of fused-ring (bicyclic) bond motifs is 1. The molecular formula is C21H25FN2OS. The second kappa shape index (κ2) is 6.69. The number of amides is 1. The van der Waals surface area contributed by atoms with Crippen LogP contribution in [0.1, 0.15) is 38.0 Å². The molecule has 1 amide bonds. The lowest BCUT2D eigenvalue weighted by Crippen LogP contribution is -2.53. The summed E-state index contributed by atoms with van der Waals surface area (Å²) in [5, 5.41) is 2.02. The lowest BCUT2D eigenvalue weighted by atomic mass is 9.93. The van der Waals surface area contributed by atoms with Gasteiger partial charge in [0.1, 0.15) is 5.82 Å². The summed E-state index contributed by atoms with van der Waals surface area (Å²) in [7, 11) is 0. The van der Waals surface area contributed by atoms with E-state index in [0.717, 1.165) is 36.4 Å². The number of benzene rings is 1. The number of rotatable bonds is 3. The van der Waals surface area contributed by atoms with Crippen molar-refractivity contribution < 1.29 is 9.18 Å². The van der Waals surface area contributed by atoms with Crippen molar-refractivity contribution in [1.82, 2.24) is 4.90 Å². The molecule has 4 rings (SSSR count). The number of halogens is 1. The number of anilines is 1. The molecular weight excluding hydrogens is 347 g/mol. The molecule has 0 aliphatic carbocycles. The number of hydrogen-bond donors (Lipinski definition) is 0. The number of carbonyl (C=O) groups is 1. The largest absolute Gasteiger partial charge is 0.361 e. The first kappa shape index (κ1) is 17.5. The molecule has 0 radical (unpaired) electrons. The maximum absolute atomic E-state index is 13.4. The Hall–Kier alpha value is -1.88. The molecule has 0 bridgehead atoms. The fourth-order valence-corrected chi connectivity index (χ4v) is 5.46. The van der Waals surface area contributed by atoms with Crippen molar-refractivity contribution in [2.75, 3.05) is 11.4 Å². The molecule has 0 unspecified atom stereocenters. The normalized spacial score (nSPS) is 24.6. The quantitative estimate of drug-likeness (QED) is 0.793. The van der Waals surface area contributed by atoms with Crippen molar-refractivity contribution in [1.29, 1.82) is 0 Å². The minimum atomic E-state index is -0.210. The van der Waals surface area contributed by atoms with Gasteiger partial charge in [-0.05, 0) is 68.8 Å². The van der Waals surface area contributed by atoms with Crippen LogP contribution in [0.5, 0.6) is 0 Å². The highest BCUT2D eigenvalue weighted by atomic mass is 32.1. The molecule has 0 N–H and O–H groups in total. The van der Waals surface area contributed by atoms with E-state index < -0.39 is 0 Å². The third kappa shape index (κ3) is 3.13. The van der Waals surface area contributed by atoms with E-state index in [1.165, 1.54) is 12.1 Å². The van der Waals surface area contributed by atoms with Crippen molar-refractivity contribution in [2.24, 2.45) is 0 Å². The van der Waals surface area contributed by atoms with Crippen LogP contribution in [-0.4, -0.2) is 35.0 Å². The first-order valence-electron chi connectivity index (χ1n) is 9.32. The van der Waals surface area contributed by atoms with E-state index in [-0.39, 0.29) is 23.3 Å². The Morgan fingerprint density at radius 3 is 2.69 bits per heavy atom. The van der Waals surface area contributed by atoms with Crippen molar-refractivity contribution in [3.8, 4) is 0 Å². The van der Waals surface area contributed by atoms with E-state index in [1.54, 1.807) is 11.3 Å². The van der Waals surface area contributed by atoms with Gasteiger partial charge in [-0.25, -0.2) is 4.39 Å². The Labute approximate surface area is 158 Å². The zero-order chi connectivity index (χ0) is 18.3. The Balaban J connectivity index is 1.59. The summed E-state index contributed by atoms with van der Waals surface area (Å²) in [5.41, 5.74) is 0.996. The third-order valence-electron chi connectivity index (χ3n) is 5.77. The zero-order valence-electron chi connectivity index (χ0n) is 15.3. The summed E-state index contributed by atoms with van der Waals surface area (Å²) >= 11 is 1.65. The van der Waals surface area contributed by atoms with Crippen LogP contribution in [0.2, 0.25) is 0 Å². The van der Waals surface area contributed by atoms with Crippen LogP contribution in [0.4, 0.5) is 10.1 Å². The van der Waals surface area contributed by atoms with E-state index in [2.05, 4.69) is 23.6 Å². The average molecular weight is 373 g/mol. The van der Waals surface area contributed by atoms with Gasteiger partial charge in [0.15, 0.2) is 0 Å². The predicted molar refractivity (Wildman–Crippen MR) is 104 cm³/mol. The topological polar surface area (TPSA) is 23.6 Å². The molecule has 2 aliphatic rings. The second-order valence-corrected chi connectivity index (χ2v) is 9.02. The van der Waals surface area contributed by atoms with Gasteiger partial charge in [-0.15, -0.1) is 11.3 Å². The van der Waals surface area contributed by atoms with Crippen LogP contribution >= 0.6 is 11.3 Å². The van der Waals surface area contributed by atoms with E-state index in [4.69, 9.17) is 0 Å². The number of hydrogen-bond acceptors (Lipinski definition) is 3. The van der Waals surface area contributed by atoms with Gasteiger partial charge in [0.05, 0.1) is 18.5 Å². The van der Waals surface area contributed by atoms with Crippen molar-refractivity contribution >= 4 is 22.9 Å². The summed E-state index contributed by atoms with van der Waals surface area (Å²) in [6.07, 6.45) is 3.54. The molecule has 2 atom stereocenters. The van der Waals surface area contributed by atoms with Gasteiger partial charge < -0.3 is 9.80 Å². The standard InChI is InChI=1S/C21H25FN2OS/c1-21(2)14-19-18(24(21)16-9-7-15(22)8-10-16)6-3-11-23(19)20(25)13-17-5-4-12-26-17/h4-5,7-10,12,18-19H,3,6,11,13-14H2,1-2H3/t18-,19-/m0/s1. The van der Waals surface area contributed by atoms with E-state index in [0.29, 0.717) is 12.5 Å². The number of piperidine rings is 1. The van der Waals surface area contributed by atoms with Gasteiger partial charge in [-0.1, -0.05) is 6.07 Å². The molecule has 2 aliphatic heterocycles. The van der Waals surface area contributed by atoms with Crippen molar-refractivity contribution in [3.05, 3.63) is 52.5 Å². The number of likely N-dealkylation sites (tertiary alicyclic amines) is 1. The number of thiophene rings is 1. The lowest BCUT2D eigenvalue weighted by Gasteiger charge is -2.42. The van der Waals surface area contributed by atoms with Crippen LogP contribution in [0, 0.1) is 5.82 Å². The molecule has 5 heteroatoms. The molecule has 138 valence electrons. The molecule has 1 aromatic carbocycles. The SMILES string of the molecule is CC1(C)C[C@H]2[C@H](CCCN2C(=O)Cc2cccs2)N1c1ccc(F)cc1. The van der Waals surface area contributed by atoms with Gasteiger partial charge in [0.2, 0.25) is 5.91 Å². The van der Waals surface area contributed by atoms with E-state index in [9.17, 15) is 9.18 Å². The Morgan fingerprint density at radius 2 is 2.00 bits per heavy atom. The fourth-order valence-electron chi connectivity index (χ4n) is 4.76. The van der Waals surface area contributed by atoms with Gasteiger partial charge in [-0.2, -0.15) is 0 Å². The highest BCUT2D eigenvalue weighted by Crippen LogP contribution is 2.43. The van der Waals surface area contributed by atoms with E-state index in [1.807, 2.05) is 29.6 Å². The van der Waals surface area contributed by atoms with Gasteiger partial charge in [-0.3, -0.25) is 4.79 Å². The average Bonchev–Trinajstić information content (AvgIpc) is 3.19. The van der Waals surface area contributed by atoms with Crippen LogP contribution < -0.4 is 4.90 Å².